The minimum Gasteiger partial charge on any atom is -0.298 e. The van der Waals surface area contributed by atoms with Crippen molar-refractivity contribution in [2.45, 2.75) is 38.1 Å². The van der Waals surface area contributed by atoms with Crippen LogP contribution in [0, 0.1) is 0 Å². The minimum atomic E-state index is -0.156. The Labute approximate surface area is 84.7 Å². The van der Waals surface area contributed by atoms with Gasteiger partial charge >= 0.3 is 0 Å². The maximum absolute atomic E-state index is 11.6. The van der Waals surface area contributed by atoms with E-state index in [1.807, 2.05) is 19.0 Å². The van der Waals surface area contributed by atoms with E-state index in [0.717, 1.165) is 25.7 Å². The van der Waals surface area contributed by atoms with Crippen LogP contribution in [0.2, 0.25) is 0 Å². The van der Waals surface area contributed by atoms with Crippen LogP contribution < -0.4 is 5.32 Å². The molecule has 0 radical (unpaired) electrons. The Hall–Kier alpha value is -0.900. The summed E-state index contributed by atoms with van der Waals surface area (Å²) in [5.41, 5.74) is 0. The first-order valence-electron chi connectivity index (χ1n) is 5.11. The van der Waals surface area contributed by atoms with Gasteiger partial charge in [0.2, 0.25) is 11.8 Å². The van der Waals surface area contributed by atoms with Gasteiger partial charge in [-0.05, 0) is 26.9 Å². The number of rotatable bonds is 1. The van der Waals surface area contributed by atoms with Crippen molar-refractivity contribution in [3.05, 3.63) is 0 Å². The first-order valence-corrected chi connectivity index (χ1v) is 5.11. The summed E-state index contributed by atoms with van der Waals surface area (Å²) in [5, 5.41) is 2.43. The molecule has 80 valence electrons. The second kappa shape index (κ2) is 5.10. The molecular formula is C10H18N2O2. The lowest BCUT2D eigenvalue weighted by atomic mass is 10.1. The number of hydrogen-bond acceptors (Lipinski definition) is 3. The van der Waals surface area contributed by atoms with Crippen LogP contribution in [0.1, 0.15) is 32.1 Å². The van der Waals surface area contributed by atoms with E-state index in [0.29, 0.717) is 6.42 Å². The van der Waals surface area contributed by atoms with Crippen LogP contribution in [0.25, 0.3) is 0 Å². The fraction of sp³-hybridized carbons (Fsp3) is 0.800. The molecule has 1 rings (SSSR count). The predicted molar refractivity (Wildman–Crippen MR) is 53.7 cm³/mol. The van der Waals surface area contributed by atoms with E-state index < -0.39 is 0 Å². The van der Waals surface area contributed by atoms with Crippen molar-refractivity contribution >= 4 is 11.8 Å². The Morgan fingerprint density at radius 1 is 1.21 bits per heavy atom. The lowest BCUT2D eigenvalue weighted by Gasteiger charge is -2.21. The molecule has 14 heavy (non-hydrogen) atoms. The van der Waals surface area contributed by atoms with E-state index in [9.17, 15) is 9.59 Å². The van der Waals surface area contributed by atoms with Crippen molar-refractivity contribution in [2.75, 3.05) is 14.1 Å². The third-order valence-corrected chi connectivity index (χ3v) is 2.57. The van der Waals surface area contributed by atoms with Gasteiger partial charge in [-0.15, -0.1) is 0 Å². The normalized spacial score (nSPS) is 25.2. The highest BCUT2D eigenvalue weighted by Gasteiger charge is 2.23. The number of imide groups is 1. The smallest absolute Gasteiger partial charge is 0.243 e. The Kier molecular flexibility index (Phi) is 4.07. The van der Waals surface area contributed by atoms with Crippen LogP contribution in [0.5, 0.6) is 0 Å². The van der Waals surface area contributed by atoms with Crippen molar-refractivity contribution < 1.29 is 9.59 Å². The molecule has 1 atom stereocenters. The molecule has 0 saturated carbocycles. The van der Waals surface area contributed by atoms with Gasteiger partial charge in [-0.1, -0.05) is 12.8 Å². The molecular weight excluding hydrogens is 180 g/mol. The van der Waals surface area contributed by atoms with Gasteiger partial charge < -0.3 is 0 Å². The van der Waals surface area contributed by atoms with Crippen LogP contribution in [0.3, 0.4) is 0 Å². The lowest BCUT2D eigenvalue weighted by Crippen LogP contribution is -2.45. The van der Waals surface area contributed by atoms with Gasteiger partial charge in [0.1, 0.15) is 0 Å². The summed E-state index contributed by atoms with van der Waals surface area (Å²) in [4.78, 5) is 24.7. The lowest BCUT2D eigenvalue weighted by molar-refractivity contribution is -0.133. The van der Waals surface area contributed by atoms with Crippen LogP contribution in [0.15, 0.2) is 0 Å². The third kappa shape index (κ3) is 3.10. The van der Waals surface area contributed by atoms with Crippen LogP contribution in [0.4, 0.5) is 0 Å². The molecule has 1 fully saturated rings. The zero-order valence-electron chi connectivity index (χ0n) is 8.88. The number of hydrogen-bond donors (Lipinski definition) is 1. The topological polar surface area (TPSA) is 49.4 Å². The van der Waals surface area contributed by atoms with Crippen molar-refractivity contribution in [3.63, 3.8) is 0 Å². The molecule has 0 aromatic carbocycles. The zero-order chi connectivity index (χ0) is 10.6. The summed E-state index contributed by atoms with van der Waals surface area (Å²) in [6, 6.07) is -0.156. The monoisotopic (exact) mass is 198 g/mol. The third-order valence-electron chi connectivity index (χ3n) is 2.57. The maximum atomic E-state index is 11.6. The SMILES string of the molecule is CN(C)C1CCCCCC(=O)NC1=O. The number of likely N-dealkylation sites (N-methyl/N-ethyl adjacent to an activating group) is 1. The van der Waals surface area contributed by atoms with Crippen molar-refractivity contribution in [3.8, 4) is 0 Å². The van der Waals surface area contributed by atoms with E-state index >= 15 is 0 Å². The summed E-state index contributed by atoms with van der Waals surface area (Å²) in [5.74, 6) is -0.286. The van der Waals surface area contributed by atoms with E-state index in [-0.39, 0.29) is 17.9 Å². The van der Waals surface area contributed by atoms with Gasteiger partial charge in [-0.25, -0.2) is 0 Å². The summed E-state index contributed by atoms with van der Waals surface area (Å²) in [6.45, 7) is 0. The first-order chi connectivity index (χ1) is 6.61. The van der Waals surface area contributed by atoms with E-state index in [2.05, 4.69) is 5.32 Å². The van der Waals surface area contributed by atoms with Crippen molar-refractivity contribution in [2.24, 2.45) is 0 Å². The highest BCUT2D eigenvalue weighted by Crippen LogP contribution is 2.11. The summed E-state index contributed by atoms with van der Waals surface area (Å²) in [6.07, 6.45) is 4.26. The highest BCUT2D eigenvalue weighted by atomic mass is 16.2. The van der Waals surface area contributed by atoms with Crippen molar-refractivity contribution in [1.82, 2.24) is 10.2 Å². The zero-order valence-corrected chi connectivity index (χ0v) is 8.88. The molecule has 1 saturated heterocycles. The van der Waals surface area contributed by atoms with Crippen LogP contribution in [-0.4, -0.2) is 36.9 Å². The molecule has 0 spiro atoms. The van der Waals surface area contributed by atoms with Gasteiger partial charge in [-0.2, -0.15) is 0 Å². The van der Waals surface area contributed by atoms with Crippen LogP contribution >= 0.6 is 0 Å². The second-order valence-corrected chi connectivity index (χ2v) is 3.99. The Morgan fingerprint density at radius 3 is 2.57 bits per heavy atom. The van der Waals surface area contributed by atoms with Gasteiger partial charge in [0, 0.05) is 6.42 Å². The number of amides is 2. The Bertz CT molecular complexity index is 226. The standard InChI is InChI=1S/C10H18N2O2/c1-12(2)8-6-4-3-5-7-9(13)11-10(8)14/h8H,3-7H2,1-2H3,(H,11,13,14). The van der Waals surface area contributed by atoms with Gasteiger partial charge in [0.25, 0.3) is 0 Å². The molecule has 4 nitrogen and oxygen atoms in total. The highest BCUT2D eigenvalue weighted by molar-refractivity contribution is 5.97. The number of carbonyl (C=O) groups excluding carboxylic acids is 2. The minimum absolute atomic E-state index is 0.135. The molecule has 0 aliphatic carbocycles. The van der Waals surface area contributed by atoms with E-state index in [1.54, 1.807) is 0 Å². The molecule has 1 unspecified atom stereocenters. The van der Waals surface area contributed by atoms with E-state index in [1.165, 1.54) is 0 Å². The largest absolute Gasteiger partial charge is 0.298 e. The van der Waals surface area contributed by atoms with E-state index in [4.69, 9.17) is 0 Å². The molecule has 0 aromatic heterocycles. The molecule has 0 bridgehead atoms. The van der Waals surface area contributed by atoms with Crippen LogP contribution in [-0.2, 0) is 9.59 Å². The maximum Gasteiger partial charge on any atom is 0.243 e. The second-order valence-electron chi connectivity index (χ2n) is 3.99. The molecule has 1 aliphatic heterocycles. The number of nitrogens with one attached hydrogen (secondary N) is 1. The number of nitrogens with zero attached hydrogens (tertiary/aromatic N) is 1. The Morgan fingerprint density at radius 2 is 1.93 bits per heavy atom. The average Bonchev–Trinajstić information content (AvgIpc) is 2.15. The molecule has 1 N–H and O–H groups in total. The summed E-state index contributed by atoms with van der Waals surface area (Å²) < 4.78 is 0. The molecule has 4 heteroatoms. The first kappa shape index (κ1) is 11.2. The summed E-state index contributed by atoms with van der Waals surface area (Å²) >= 11 is 0. The van der Waals surface area contributed by atoms with Gasteiger partial charge in [0.15, 0.2) is 0 Å². The summed E-state index contributed by atoms with van der Waals surface area (Å²) in [7, 11) is 3.74. The Balaban J connectivity index is 2.63. The quantitative estimate of drug-likeness (QED) is 0.625. The predicted octanol–water partition coefficient (Wildman–Crippen LogP) is 0.523. The number of carbonyl (C=O) groups is 2. The molecule has 2 amide bonds. The molecule has 0 aromatic rings. The average molecular weight is 198 g/mol. The van der Waals surface area contributed by atoms with Gasteiger partial charge in [0.05, 0.1) is 6.04 Å². The molecule has 1 aliphatic rings. The fourth-order valence-corrected chi connectivity index (χ4v) is 1.71. The van der Waals surface area contributed by atoms with Gasteiger partial charge in [-0.3, -0.25) is 19.8 Å². The fourth-order valence-electron chi connectivity index (χ4n) is 1.71. The van der Waals surface area contributed by atoms with Crippen molar-refractivity contribution in [1.29, 1.82) is 0 Å². The molecule has 1 heterocycles.